The second-order valence-corrected chi connectivity index (χ2v) is 6.94. The third-order valence-electron chi connectivity index (χ3n) is 4.64. The summed E-state index contributed by atoms with van der Waals surface area (Å²) in [4.78, 5) is 38.3. The maximum atomic E-state index is 12.8. The summed E-state index contributed by atoms with van der Waals surface area (Å²) in [5.41, 5.74) is 4.24. The number of hydrogen-bond donors (Lipinski definition) is 0. The maximum Gasteiger partial charge on any atom is 0.338 e. The lowest BCUT2D eigenvalue weighted by Gasteiger charge is -2.16. The van der Waals surface area contributed by atoms with Crippen LogP contribution >= 0.6 is 0 Å². The van der Waals surface area contributed by atoms with Crippen molar-refractivity contribution in [2.45, 2.75) is 33.6 Å². The minimum Gasteiger partial charge on any atom is -0.462 e. The summed E-state index contributed by atoms with van der Waals surface area (Å²) in [6.45, 7) is 6.08. The molecule has 27 heavy (non-hydrogen) atoms. The molecule has 1 atom stereocenters. The Labute approximate surface area is 158 Å². The first-order valence-electron chi connectivity index (χ1n) is 9.10. The van der Waals surface area contributed by atoms with E-state index in [9.17, 15) is 14.4 Å². The monoisotopic (exact) mass is 365 g/mol. The van der Waals surface area contributed by atoms with Gasteiger partial charge in [0.1, 0.15) is 0 Å². The Morgan fingerprint density at radius 1 is 1.07 bits per heavy atom. The smallest absolute Gasteiger partial charge is 0.338 e. The molecule has 5 nitrogen and oxygen atoms in total. The molecule has 2 aromatic rings. The minimum atomic E-state index is -0.421. The van der Waals surface area contributed by atoms with Crippen molar-refractivity contribution in [2.75, 3.05) is 11.5 Å². The second-order valence-electron chi connectivity index (χ2n) is 6.94. The van der Waals surface area contributed by atoms with Crippen LogP contribution in [0.1, 0.15) is 40.4 Å². The van der Waals surface area contributed by atoms with Crippen molar-refractivity contribution >= 4 is 23.5 Å². The Balaban J connectivity index is 1.76. The molecule has 1 fully saturated rings. The van der Waals surface area contributed by atoms with Crippen molar-refractivity contribution in [1.82, 2.24) is 0 Å². The summed E-state index contributed by atoms with van der Waals surface area (Å²) in [6.07, 6.45) is 0.746. The quantitative estimate of drug-likeness (QED) is 0.600. The predicted octanol–water partition coefficient (Wildman–Crippen LogP) is 3.60. The van der Waals surface area contributed by atoms with E-state index in [4.69, 9.17) is 4.74 Å². The summed E-state index contributed by atoms with van der Waals surface area (Å²) >= 11 is 0. The molecule has 1 heterocycles. The highest BCUT2D eigenvalue weighted by Gasteiger charge is 2.39. The van der Waals surface area contributed by atoms with Gasteiger partial charge >= 0.3 is 5.97 Å². The van der Waals surface area contributed by atoms with Gasteiger partial charge in [0.05, 0.1) is 23.8 Å². The molecule has 1 aliphatic heterocycles. The first-order chi connectivity index (χ1) is 12.9. The zero-order chi connectivity index (χ0) is 19.6. The molecule has 0 saturated carbocycles. The topological polar surface area (TPSA) is 63.7 Å². The highest BCUT2D eigenvalue weighted by molar-refractivity contribution is 6.21. The molecular formula is C22H23NO4. The number of esters is 1. The molecule has 0 spiro atoms. The van der Waals surface area contributed by atoms with Crippen LogP contribution in [0, 0.1) is 19.8 Å². The van der Waals surface area contributed by atoms with Crippen LogP contribution in [0.4, 0.5) is 5.69 Å². The number of benzene rings is 2. The molecule has 0 aromatic heterocycles. The van der Waals surface area contributed by atoms with E-state index in [1.165, 1.54) is 4.90 Å². The van der Waals surface area contributed by atoms with Gasteiger partial charge in [-0.3, -0.25) is 14.5 Å². The zero-order valence-corrected chi connectivity index (χ0v) is 15.8. The molecule has 140 valence electrons. The predicted molar refractivity (Wildman–Crippen MR) is 103 cm³/mol. The van der Waals surface area contributed by atoms with E-state index in [2.05, 4.69) is 18.2 Å². The molecule has 0 bridgehead atoms. The number of carbonyl (C=O) groups is 3. The SMILES string of the molecule is CCOC(=O)c1ccc(N2C(=O)C[C@H](Cc3cc(C)cc(C)c3)C2=O)cc1. The van der Waals surface area contributed by atoms with Crippen LogP contribution in [0.15, 0.2) is 42.5 Å². The van der Waals surface area contributed by atoms with Crippen LogP contribution < -0.4 is 4.90 Å². The number of anilines is 1. The molecule has 0 aliphatic carbocycles. The van der Waals surface area contributed by atoms with Crippen LogP contribution in [0.5, 0.6) is 0 Å². The molecule has 3 rings (SSSR count). The summed E-state index contributed by atoms with van der Waals surface area (Å²) in [7, 11) is 0. The summed E-state index contributed by atoms with van der Waals surface area (Å²) in [5, 5.41) is 0. The number of carbonyl (C=O) groups excluding carboxylic acids is 3. The van der Waals surface area contributed by atoms with Crippen LogP contribution in [-0.4, -0.2) is 24.4 Å². The third kappa shape index (κ3) is 4.08. The van der Waals surface area contributed by atoms with E-state index >= 15 is 0 Å². The van der Waals surface area contributed by atoms with E-state index in [0.717, 1.165) is 16.7 Å². The van der Waals surface area contributed by atoms with E-state index in [0.29, 0.717) is 24.3 Å². The Bertz CT molecular complexity index is 865. The second kappa shape index (κ2) is 7.74. The van der Waals surface area contributed by atoms with Crippen LogP contribution in [-0.2, 0) is 20.7 Å². The number of aryl methyl sites for hydroxylation is 2. The Kier molecular flexibility index (Phi) is 5.40. The zero-order valence-electron chi connectivity index (χ0n) is 15.8. The number of nitrogens with zero attached hydrogens (tertiary/aromatic N) is 1. The summed E-state index contributed by atoms with van der Waals surface area (Å²) < 4.78 is 4.95. The van der Waals surface area contributed by atoms with Gasteiger partial charge in [-0.05, 0) is 57.0 Å². The van der Waals surface area contributed by atoms with Crippen LogP contribution in [0.3, 0.4) is 0 Å². The van der Waals surface area contributed by atoms with Gasteiger partial charge in [-0.15, -0.1) is 0 Å². The maximum absolute atomic E-state index is 12.8. The van der Waals surface area contributed by atoms with Gasteiger partial charge < -0.3 is 4.74 Å². The van der Waals surface area contributed by atoms with Crippen molar-refractivity contribution in [1.29, 1.82) is 0 Å². The van der Waals surface area contributed by atoms with Gasteiger partial charge in [-0.2, -0.15) is 0 Å². The third-order valence-corrected chi connectivity index (χ3v) is 4.64. The van der Waals surface area contributed by atoms with Crippen molar-refractivity contribution in [3.63, 3.8) is 0 Å². The molecule has 0 unspecified atom stereocenters. The minimum absolute atomic E-state index is 0.192. The normalized spacial score (nSPS) is 16.7. The molecule has 1 saturated heterocycles. The molecule has 2 amide bonds. The van der Waals surface area contributed by atoms with Crippen molar-refractivity contribution < 1.29 is 19.1 Å². The number of imide groups is 1. The fourth-order valence-electron chi connectivity index (χ4n) is 3.56. The highest BCUT2D eigenvalue weighted by atomic mass is 16.5. The van der Waals surface area contributed by atoms with Crippen molar-refractivity contribution in [3.05, 3.63) is 64.7 Å². The first-order valence-corrected chi connectivity index (χ1v) is 9.10. The molecule has 5 heteroatoms. The van der Waals surface area contributed by atoms with Gasteiger partial charge in [0.2, 0.25) is 11.8 Å². The first kappa shape index (κ1) is 18.8. The molecule has 0 radical (unpaired) electrons. The number of rotatable bonds is 5. The molecule has 0 N–H and O–H groups in total. The van der Waals surface area contributed by atoms with Gasteiger partial charge in [0.25, 0.3) is 0 Å². The fraction of sp³-hybridized carbons (Fsp3) is 0.318. The van der Waals surface area contributed by atoms with E-state index < -0.39 is 5.97 Å². The van der Waals surface area contributed by atoms with E-state index in [1.807, 2.05) is 13.8 Å². The average molecular weight is 365 g/mol. The van der Waals surface area contributed by atoms with Crippen LogP contribution in [0.25, 0.3) is 0 Å². The van der Waals surface area contributed by atoms with Gasteiger partial charge in [0.15, 0.2) is 0 Å². The number of hydrogen-bond acceptors (Lipinski definition) is 4. The molecule has 2 aromatic carbocycles. The Morgan fingerprint density at radius 2 is 1.70 bits per heavy atom. The van der Waals surface area contributed by atoms with Crippen LogP contribution in [0.2, 0.25) is 0 Å². The van der Waals surface area contributed by atoms with Crippen molar-refractivity contribution in [3.8, 4) is 0 Å². The standard InChI is InChI=1S/C22H23NO4/c1-4-27-22(26)17-5-7-19(8-6-17)23-20(24)13-18(21(23)25)12-16-10-14(2)9-15(3)11-16/h5-11,18H,4,12-13H2,1-3H3/t18-/m0/s1. The lowest BCUT2D eigenvalue weighted by molar-refractivity contribution is -0.122. The summed E-state index contributed by atoms with van der Waals surface area (Å²) in [6, 6.07) is 12.6. The lowest BCUT2D eigenvalue weighted by Crippen LogP contribution is -2.30. The van der Waals surface area contributed by atoms with Crippen molar-refractivity contribution in [2.24, 2.45) is 5.92 Å². The highest BCUT2D eigenvalue weighted by Crippen LogP contribution is 2.29. The van der Waals surface area contributed by atoms with Gasteiger partial charge in [-0.1, -0.05) is 29.3 Å². The Hall–Kier alpha value is -2.95. The lowest BCUT2D eigenvalue weighted by atomic mass is 9.95. The summed E-state index contributed by atoms with van der Waals surface area (Å²) in [5.74, 6) is -1.18. The number of ether oxygens (including phenoxy) is 1. The molecule has 1 aliphatic rings. The molecular weight excluding hydrogens is 342 g/mol. The number of amides is 2. The van der Waals surface area contributed by atoms with E-state index in [-0.39, 0.29) is 24.2 Å². The van der Waals surface area contributed by atoms with E-state index in [1.54, 1.807) is 31.2 Å². The Morgan fingerprint density at radius 3 is 2.30 bits per heavy atom. The van der Waals surface area contributed by atoms with Gasteiger partial charge in [-0.25, -0.2) is 4.79 Å². The van der Waals surface area contributed by atoms with Gasteiger partial charge in [0, 0.05) is 6.42 Å². The average Bonchev–Trinajstić information content (AvgIpc) is 2.88. The largest absolute Gasteiger partial charge is 0.462 e. The fourth-order valence-corrected chi connectivity index (χ4v) is 3.56.